The van der Waals surface area contributed by atoms with Crippen LogP contribution in [-0.2, 0) is 13.1 Å². The molecule has 2 heterocycles. The zero-order valence-corrected chi connectivity index (χ0v) is 17.4. The van der Waals surface area contributed by atoms with E-state index in [1.54, 1.807) is 23.2 Å². The van der Waals surface area contributed by atoms with Gasteiger partial charge in [-0.2, -0.15) is 10.2 Å². The van der Waals surface area contributed by atoms with Crippen LogP contribution in [0.5, 0.6) is 5.75 Å². The van der Waals surface area contributed by atoms with E-state index >= 15 is 0 Å². The van der Waals surface area contributed by atoms with Gasteiger partial charge in [-0.15, -0.1) is 0 Å². The van der Waals surface area contributed by atoms with Crippen molar-refractivity contribution in [3.8, 4) is 16.9 Å². The monoisotopic (exact) mass is 423 g/mol. The molecule has 31 heavy (non-hydrogen) atoms. The number of carbonyl (C=O) groups excluding carboxylic acids is 1. The fourth-order valence-corrected chi connectivity index (χ4v) is 3.57. The molecule has 1 aliphatic heterocycles. The zero-order valence-electron chi connectivity index (χ0n) is 17.4. The van der Waals surface area contributed by atoms with Crippen molar-refractivity contribution in [1.82, 2.24) is 15.1 Å². The van der Waals surface area contributed by atoms with Gasteiger partial charge in [0.1, 0.15) is 5.75 Å². The first-order chi connectivity index (χ1) is 14.9. The summed E-state index contributed by atoms with van der Waals surface area (Å²) in [6.45, 7) is 3.40. The second-order valence-corrected chi connectivity index (χ2v) is 7.73. The van der Waals surface area contributed by atoms with Crippen LogP contribution in [0.2, 0.25) is 0 Å². The maximum absolute atomic E-state index is 13.6. The van der Waals surface area contributed by atoms with Gasteiger partial charge < -0.3 is 9.64 Å². The number of ether oxygens (including phenoxy) is 1. The molecule has 1 aliphatic rings. The minimum Gasteiger partial charge on any atom is -0.486 e. The molecule has 0 radical (unpaired) electrons. The lowest BCUT2D eigenvalue weighted by Crippen LogP contribution is -2.26. The number of carbonyl (C=O) groups is 1. The van der Waals surface area contributed by atoms with Crippen molar-refractivity contribution in [3.63, 3.8) is 0 Å². The average Bonchev–Trinajstić information content (AvgIpc) is 3.09. The van der Waals surface area contributed by atoms with Crippen LogP contribution in [0.1, 0.15) is 40.5 Å². The number of aromatic nitrogens is 2. The highest BCUT2D eigenvalue weighted by Crippen LogP contribution is 2.33. The quantitative estimate of drug-likeness (QED) is 0.535. The number of halogens is 2. The number of fused-ring (bicyclic) bond motifs is 1. The topological polar surface area (TPSA) is 55.3 Å². The molecular formula is C24H23F2N3O2. The van der Waals surface area contributed by atoms with Gasteiger partial charge in [0.05, 0.1) is 17.5 Å². The number of hydrogen-bond donors (Lipinski definition) is 0. The molecule has 4 rings (SSSR count). The Hall–Kier alpha value is -3.35. The summed E-state index contributed by atoms with van der Waals surface area (Å²) < 4.78 is 32.5. The van der Waals surface area contributed by atoms with Crippen LogP contribution in [0.4, 0.5) is 8.78 Å². The highest BCUT2D eigenvalue weighted by molar-refractivity contribution is 6.01. The lowest BCUT2D eigenvalue weighted by atomic mass is 10.1. The lowest BCUT2D eigenvalue weighted by Gasteiger charge is -2.17. The van der Waals surface area contributed by atoms with Gasteiger partial charge >= 0.3 is 0 Å². The van der Waals surface area contributed by atoms with E-state index in [4.69, 9.17) is 4.74 Å². The van der Waals surface area contributed by atoms with E-state index in [1.165, 1.54) is 6.92 Å². The average molecular weight is 423 g/mol. The van der Waals surface area contributed by atoms with Crippen LogP contribution in [-0.4, -0.2) is 33.5 Å². The molecule has 1 aromatic heterocycles. The molecule has 0 atom stereocenters. The second-order valence-electron chi connectivity index (χ2n) is 7.73. The van der Waals surface area contributed by atoms with Crippen molar-refractivity contribution < 1.29 is 18.3 Å². The van der Waals surface area contributed by atoms with E-state index in [0.29, 0.717) is 18.7 Å². The third-order valence-corrected chi connectivity index (χ3v) is 5.37. The molecule has 0 fully saturated rings. The first-order valence-electron chi connectivity index (χ1n) is 10.2. The first-order valence-corrected chi connectivity index (χ1v) is 10.2. The Bertz CT molecular complexity index is 1100. The van der Waals surface area contributed by atoms with Gasteiger partial charge in [-0.25, -0.2) is 8.78 Å². The smallest absolute Gasteiger partial charge is 0.281 e. The summed E-state index contributed by atoms with van der Waals surface area (Å²) in [6, 6.07) is 15.0. The van der Waals surface area contributed by atoms with Gasteiger partial charge in [-0.1, -0.05) is 43.3 Å². The molecule has 0 saturated heterocycles. The predicted molar refractivity (Wildman–Crippen MR) is 113 cm³/mol. The Balaban J connectivity index is 1.48. The molecule has 0 unspecified atom stereocenters. The molecule has 3 aromatic rings. The predicted octanol–water partition coefficient (Wildman–Crippen LogP) is 5.03. The summed E-state index contributed by atoms with van der Waals surface area (Å²) in [5.74, 6) is -2.91. The summed E-state index contributed by atoms with van der Waals surface area (Å²) in [4.78, 5) is 14.7. The van der Waals surface area contributed by atoms with Gasteiger partial charge in [0.2, 0.25) is 0 Å². The number of hydrogen-bond acceptors (Lipinski definition) is 4. The fraction of sp³-hybridized carbons (Fsp3) is 0.292. The van der Waals surface area contributed by atoms with Gasteiger partial charge in [-0.05, 0) is 35.7 Å². The summed E-state index contributed by atoms with van der Waals surface area (Å²) in [7, 11) is 0. The molecule has 7 heteroatoms. The molecule has 0 aliphatic carbocycles. The van der Waals surface area contributed by atoms with Gasteiger partial charge in [0.25, 0.3) is 11.8 Å². The van der Waals surface area contributed by atoms with E-state index in [1.807, 2.05) is 43.3 Å². The Morgan fingerprint density at radius 3 is 2.61 bits per heavy atom. The highest BCUT2D eigenvalue weighted by atomic mass is 19.3. The summed E-state index contributed by atoms with van der Waals surface area (Å²) >= 11 is 0. The molecule has 160 valence electrons. The third kappa shape index (κ3) is 4.55. The maximum atomic E-state index is 13.6. The zero-order chi connectivity index (χ0) is 22.0. The number of aryl methyl sites for hydroxylation is 1. The second kappa shape index (κ2) is 8.41. The summed E-state index contributed by atoms with van der Waals surface area (Å²) in [6.07, 6.45) is 1.40. The van der Waals surface area contributed by atoms with Crippen LogP contribution >= 0.6 is 0 Å². The Morgan fingerprint density at radius 1 is 1.13 bits per heavy atom. The largest absolute Gasteiger partial charge is 0.486 e. The first kappa shape index (κ1) is 20.9. The maximum Gasteiger partial charge on any atom is 0.281 e. The summed E-state index contributed by atoms with van der Waals surface area (Å²) in [5, 5.41) is 7.95. The van der Waals surface area contributed by atoms with E-state index < -0.39 is 12.5 Å². The molecule has 0 saturated carbocycles. The van der Waals surface area contributed by atoms with Gasteiger partial charge in [-0.3, -0.25) is 4.79 Å². The van der Waals surface area contributed by atoms with Crippen molar-refractivity contribution in [1.29, 1.82) is 0 Å². The lowest BCUT2D eigenvalue weighted by molar-refractivity contribution is -0.0438. The van der Waals surface area contributed by atoms with Crippen molar-refractivity contribution in [2.75, 3.05) is 6.61 Å². The van der Waals surface area contributed by atoms with Gasteiger partial charge in [0, 0.05) is 25.1 Å². The van der Waals surface area contributed by atoms with Crippen LogP contribution in [0.3, 0.4) is 0 Å². The van der Waals surface area contributed by atoms with Crippen LogP contribution in [0, 0.1) is 6.92 Å². The standard InChI is InChI=1S/C24H23F2N3O2/c1-3-24(25,26)15-31-21-6-4-5-19-14-29(23(30)22(19)21)13-17-7-9-18(10-8-17)20-11-16(2)28-27-12-20/h4-12H,3,13-15H2,1-2H3. The van der Waals surface area contributed by atoms with Crippen LogP contribution < -0.4 is 4.74 Å². The van der Waals surface area contributed by atoms with Crippen molar-refractivity contribution in [2.45, 2.75) is 39.3 Å². The molecular weight excluding hydrogens is 400 g/mol. The molecule has 1 amide bonds. The normalized spacial score (nSPS) is 13.4. The Kier molecular flexibility index (Phi) is 5.67. The fourth-order valence-electron chi connectivity index (χ4n) is 3.57. The van der Waals surface area contributed by atoms with Crippen molar-refractivity contribution in [3.05, 3.63) is 77.1 Å². The highest BCUT2D eigenvalue weighted by Gasteiger charge is 2.33. The van der Waals surface area contributed by atoms with E-state index in [-0.39, 0.29) is 18.1 Å². The van der Waals surface area contributed by atoms with E-state index in [2.05, 4.69) is 10.2 Å². The number of benzene rings is 2. The molecule has 0 bridgehead atoms. The van der Waals surface area contributed by atoms with E-state index in [0.717, 1.165) is 27.9 Å². The minimum absolute atomic E-state index is 0.205. The SMILES string of the molecule is CCC(F)(F)COc1cccc2c1C(=O)N(Cc1ccc(-c3cnnc(C)c3)cc1)C2. The minimum atomic E-state index is -2.92. The summed E-state index contributed by atoms with van der Waals surface area (Å²) in [5.41, 5.74) is 4.99. The number of rotatable bonds is 7. The van der Waals surface area contributed by atoms with Gasteiger partial charge in [0.15, 0.2) is 6.61 Å². The molecule has 0 N–H and O–H groups in total. The molecule has 2 aromatic carbocycles. The van der Waals surface area contributed by atoms with Crippen molar-refractivity contribution >= 4 is 5.91 Å². The Morgan fingerprint density at radius 2 is 1.90 bits per heavy atom. The Labute approximate surface area is 179 Å². The number of nitrogens with zero attached hydrogens (tertiary/aromatic N) is 3. The molecule has 0 spiro atoms. The van der Waals surface area contributed by atoms with Crippen LogP contribution in [0.25, 0.3) is 11.1 Å². The number of alkyl halides is 2. The van der Waals surface area contributed by atoms with Crippen LogP contribution in [0.15, 0.2) is 54.7 Å². The molecule has 5 nitrogen and oxygen atoms in total. The third-order valence-electron chi connectivity index (χ3n) is 5.37. The number of amides is 1. The van der Waals surface area contributed by atoms with E-state index in [9.17, 15) is 13.6 Å². The van der Waals surface area contributed by atoms with Crippen molar-refractivity contribution in [2.24, 2.45) is 0 Å².